The van der Waals surface area contributed by atoms with Gasteiger partial charge in [-0.25, -0.2) is 9.98 Å². The minimum Gasteiger partial charge on any atom is -0.241 e. The van der Waals surface area contributed by atoms with Crippen molar-refractivity contribution in [3.63, 3.8) is 0 Å². The van der Waals surface area contributed by atoms with Crippen LogP contribution in [-0.2, 0) is 6.42 Å². The molecule has 2 heterocycles. The molecule has 1 aromatic heterocycles. The van der Waals surface area contributed by atoms with Crippen molar-refractivity contribution in [1.29, 1.82) is 0 Å². The lowest BCUT2D eigenvalue weighted by molar-refractivity contribution is 1.25. The van der Waals surface area contributed by atoms with Crippen LogP contribution in [0.1, 0.15) is 19.4 Å². The standard InChI is InChI=1S/C7H6N2.C2H6/c1-2-6-3-5-9-7(6)8-4-1;1-2/h1-2,4-5H,3H2;1-2H3. The summed E-state index contributed by atoms with van der Waals surface area (Å²) in [6, 6.07) is 3.99. The normalized spacial score (nSPS) is 11.8. The number of hydrogen-bond donors (Lipinski definition) is 0. The molecule has 0 saturated carbocycles. The van der Waals surface area contributed by atoms with E-state index in [1.807, 2.05) is 26.1 Å². The van der Waals surface area contributed by atoms with Gasteiger partial charge in [0.15, 0.2) is 5.82 Å². The Morgan fingerprint density at radius 1 is 1.36 bits per heavy atom. The number of pyridine rings is 1. The molecule has 0 unspecified atom stereocenters. The van der Waals surface area contributed by atoms with E-state index in [4.69, 9.17) is 0 Å². The summed E-state index contributed by atoms with van der Waals surface area (Å²) in [7, 11) is 0. The molecule has 0 radical (unpaired) electrons. The van der Waals surface area contributed by atoms with E-state index in [2.05, 4.69) is 16.0 Å². The van der Waals surface area contributed by atoms with E-state index in [1.165, 1.54) is 5.56 Å². The first-order chi connectivity index (χ1) is 5.47. The average molecular weight is 148 g/mol. The van der Waals surface area contributed by atoms with Gasteiger partial charge in [-0.15, -0.1) is 0 Å². The average Bonchev–Trinajstić information content (AvgIpc) is 2.55. The van der Waals surface area contributed by atoms with Gasteiger partial charge in [0.2, 0.25) is 0 Å². The molecule has 0 amide bonds. The molecule has 0 atom stereocenters. The van der Waals surface area contributed by atoms with Crippen molar-refractivity contribution in [2.75, 3.05) is 0 Å². The number of hydrogen-bond acceptors (Lipinski definition) is 2. The number of aliphatic imine (C=N–C) groups is 1. The Kier molecular flexibility index (Phi) is 2.78. The van der Waals surface area contributed by atoms with E-state index in [-0.39, 0.29) is 0 Å². The van der Waals surface area contributed by atoms with Gasteiger partial charge >= 0.3 is 0 Å². The Morgan fingerprint density at radius 3 is 2.91 bits per heavy atom. The second-order valence-electron chi connectivity index (χ2n) is 2.00. The monoisotopic (exact) mass is 148 g/mol. The quantitative estimate of drug-likeness (QED) is 0.554. The summed E-state index contributed by atoms with van der Waals surface area (Å²) in [5, 5.41) is 0. The van der Waals surface area contributed by atoms with Crippen molar-refractivity contribution >= 4 is 12.0 Å². The van der Waals surface area contributed by atoms with Crippen LogP contribution in [0.4, 0.5) is 5.82 Å². The number of nitrogens with zero attached hydrogens (tertiary/aromatic N) is 2. The van der Waals surface area contributed by atoms with Crippen LogP contribution in [0.3, 0.4) is 0 Å². The Labute approximate surface area is 67.0 Å². The van der Waals surface area contributed by atoms with Gasteiger partial charge in [0, 0.05) is 24.4 Å². The van der Waals surface area contributed by atoms with Crippen molar-refractivity contribution in [1.82, 2.24) is 4.98 Å². The lowest BCUT2D eigenvalue weighted by atomic mass is 10.2. The smallest absolute Gasteiger partial charge is 0.155 e. The van der Waals surface area contributed by atoms with Crippen molar-refractivity contribution in [3.8, 4) is 0 Å². The molecule has 2 heteroatoms. The Morgan fingerprint density at radius 2 is 2.18 bits per heavy atom. The number of fused-ring (bicyclic) bond motifs is 1. The van der Waals surface area contributed by atoms with Crippen LogP contribution in [0, 0.1) is 0 Å². The molecule has 0 saturated heterocycles. The molecule has 2 nitrogen and oxygen atoms in total. The Bertz CT molecular complexity index is 253. The zero-order valence-corrected chi connectivity index (χ0v) is 6.91. The van der Waals surface area contributed by atoms with Crippen LogP contribution in [0.15, 0.2) is 23.3 Å². The third-order valence-corrected chi connectivity index (χ3v) is 1.39. The zero-order valence-electron chi connectivity index (χ0n) is 6.91. The van der Waals surface area contributed by atoms with Gasteiger partial charge in [0.05, 0.1) is 0 Å². The second-order valence-corrected chi connectivity index (χ2v) is 2.00. The SMILES string of the molecule is C1=Nc2ncccc2C1.CC. The summed E-state index contributed by atoms with van der Waals surface area (Å²) in [4.78, 5) is 8.12. The molecule has 0 fully saturated rings. The summed E-state index contributed by atoms with van der Waals surface area (Å²) in [5.41, 5.74) is 1.23. The molecule has 1 aliphatic rings. The maximum Gasteiger partial charge on any atom is 0.155 e. The van der Waals surface area contributed by atoms with Gasteiger partial charge in [0.25, 0.3) is 0 Å². The summed E-state index contributed by atoms with van der Waals surface area (Å²) < 4.78 is 0. The number of rotatable bonds is 0. The highest BCUT2D eigenvalue weighted by Gasteiger charge is 2.03. The Hall–Kier alpha value is -1.18. The van der Waals surface area contributed by atoms with Gasteiger partial charge in [-0.2, -0.15) is 0 Å². The van der Waals surface area contributed by atoms with Gasteiger partial charge in [-0.1, -0.05) is 19.9 Å². The van der Waals surface area contributed by atoms with Crippen LogP contribution in [0.25, 0.3) is 0 Å². The topological polar surface area (TPSA) is 25.2 Å². The lowest BCUT2D eigenvalue weighted by Crippen LogP contribution is -1.78. The van der Waals surface area contributed by atoms with Crippen molar-refractivity contribution < 1.29 is 0 Å². The highest BCUT2D eigenvalue weighted by Crippen LogP contribution is 2.18. The van der Waals surface area contributed by atoms with E-state index in [0.29, 0.717) is 0 Å². The minimum absolute atomic E-state index is 0.887. The minimum atomic E-state index is 0.887. The highest BCUT2D eigenvalue weighted by atomic mass is 14.9. The molecular weight excluding hydrogens is 136 g/mol. The molecule has 0 spiro atoms. The van der Waals surface area contributed by atoms with Crippen LogP contribution >= 0.6 is 0 Å². The first-order valence-corrected chi connectivity index (χ1v) is 3.93. The summed E-state index contributed by atoms with van der Waals surface area (Å²) in [6.45, 7) is 4.00. The highest BCUT2D eigenvalue weighted by molar-refractivity contribution is 5.73. The van der Waals surface area contributed by atoms with E-state index >= 15 is 0 Å². The van der Waals surface area contributed by atoms with Crippen LogP contribution < -0.4 is 0 Å². The summed E-state index contributed by atoms with van der Waals surface area (Å²) >= 11 is 0. The van der Waals surface area contributed by atoms with Crippen LogP contribution in [-0.4, -0.2) is 11.2 Å². The molecule has 2 rings (SSSR count). The van der Waals surface area contributed by atoms with E-state index in [9.17, 15) is 0 Å². The van der Waals surface area contributed by atoms with Gasteiger partial charge < -0.3 is 0 Å². The lowest BCUT2D eigenvalue weighted by Gasteiger charge is -1.90. The Balaban J connectivity index is 0.000000281. The molecule has 11 heavy (non-hydrogen) atoms. The van der Waals surface area contributed by atoms with Crippen molar-refractivity contribution in [3.05, 3.63) is 23.9 Å². The van der Waals surface area contributed by atoms with Crippen LogP contribution in [0.2, 0.25) is 0 Å². The molecule has 58 valence electrons. The fourth-order valence-electron chi connectivity index (χ4n) is 0.936. The predicted molar refractivity (Wildman–Crippen MR) is 47.4 cm³/mol. The number of aromatic nitrogens is 1. The first-order valence-electron chi connectivity index (χ1n) is 3.93. The van der Waals surface area contributed by atoms with E-state index in [1.54, 1.807) is 6.20 Å². The maximum absolute atomic E-state index is 4.06. The van der Waals surface area contributed by atoms with Crippen molar-refractivity contribution in [2.24, 2.45) is 4.99 Å². The van der Waals surface area contributed by atoms with E-state index in [0.717, 1.165) is 12.2 Å². The molecular formula is C9H12N2. The molecule has 1 aliphatic heterocycles. The summed E-state index contributed by atoms with van der Waals surface area (Å²) in [5.74, 6) is 0.887. The largest absolute Gasteiger partial charge is 0.241 e. The fourth-order valence-corrected chi connectivity index (χ4v) is 0.936. The van der Waals surface area contributed by atoms with Gasteiger partial charge in [-0.05, 0) is 6.07 Å². The zero-order chi connectivity index (χ0) is 8.10. The molecule has 0 aromatic carbocycles. The molecule has 1 aromatic rings. The van der Waals surface area contributed by atoms with Crippen LogP contribution in [0.5, 0.6) is 0 Å². The first kappa shape index (κ1) is 7.92. The second kappa shape index (κ2) is 3.86. The van der Waals surface area contributed by atoms with Gasteiger partial charge in [-0.3, -0.25) is 0 Å². The van der Waals surface area contributed by atoms with E-state index < -0.39 is 0 Å². The van der Waals surface area contributed by atoms with Gasteiger partial charge in [0.1, 0.15) is 0 Å². The molecule has 0 bridgehead atoms. The third kappa shape index (κ3) is 1.64. The fraction of sp³-hybridized carbons (Fsp3) is 0.333. The maximum atomic E-state index is 4.06. The van der Waals surface area contributed by atoms with Crippen molar-refractivity contribution in [2.45, 2.75) is 20.3 Å². The molecule has 0 N–H and O–H groups in total. The molecule has 0 aliphatic carbocycles. The predicted octanol–water partition coefficient (Wildman–Crippen LogP) is 2.37. The third-order valence-electron chi connectivity index (χ3n) is 1.39. The summed E-state index contributed by atoms with van der Waals surface area (Å²) in [6.07, 6.45) is 4.60.